The minimum absolute atomic E-state index is 0.0104. The lowest BCUT2D eigenvalue weighted by Gasteiger charge is -2.27. The second-order valence-electron chi connectivity index (χ2n) is 5.16. The summed E-state index contributed by atoms with van der Waals surface area (Å²) in [4.78, 5) is 11.3. The number of nitrogens with one attached hydrogen (secondary N) is 2. The molecule has 2 unspecified atom stereocenters. The Labute approximate surface area is 95.9 Å². The molecule has 1 rings (SSSR count). The van der Waals surface area contributed by atoms with E-state index < -0.39 is 17.9 Å². The monoisotopic (exact) mass is 232 g/mol. The maximum atomic E-state index is 13.0. The van der Waals surface area contributed by atoms with Gasteiger partial charge < -0.3 is 15.4 Å². The number of carbonyl (C=O) groups is 1. The fraction of sp³-hybridized carbons (Fsp3) is 0.909. The van der Waals surface area contributed by atoms with Gasteiger partial charge >= 0.3 is 6.09 Å². The van der Waals surface area contributed by atoms with Crippen molar-refractivity contribution < 1.29 is 13.9 Å². The highest BCUT2D eigenvalue weighted by Crippen LogP contribution is 2.11. The summed E-state index contributed by atoms with van der Waals surface area (Å²) in [5.41, 5.74) is -0.493. The molecule has 94 valence electrons. The van der Waals surface area contributed by atoms with Gasteiger partial charge in [-0.3, -0.25) is 0 Å². The van der Waals surface area contributed by atoms with Crippen LogP contribution in [0.25, 0.3) is 0 Å². The molecule has 2 atom stereocenters. The maximum Gasteiger partial charge on any atom is 0.407 e. The van der Waals surface area contributed by atoms with Gasteiger partial charge in [-0.25, -0.2) is 9.18 Å². The Morgan fingerprint density at radius 1 is 1.56 bits per heavy atom. The van der Waals surface area contributed by atoms with Crippen molar-refractivity contribution in [1.29, 1.82) is 0 Å². The molecular formula is C11H21FN2O2. The molecule has 1 fully saturated rings. The number of halogens is 1. The number of rotatable bonds is 2. The fourth-order valence-electron chi connectivity index (χ4n) is 1.63. The van der Waals surface area contributed by atoms with E-state index >= 15 is 0 Å². The van der Waals surface area contributed by atoms with Gasteiger partial charge in [0, 0.05) is 12.6 Å². The first-order valence-corrected chi connectivity index (χ1v) is 5.71. The van der Waals surface area contributed by atoms with Gasteiger partial charge in [-0.05, 0) is 40.2 Å². The van der Waals surface area contributed by atoms with E-state index in [1.165, 1.54) is 0 Å². The van der Waals surface area contributed by atoms with Gasteiger partial charge in [0.05, 0.1) is 0 Å². The zero-order chi connectivity index (χ0) is 12.2. The van der Waals surface area contributed by atoms with Crippen molar-refractivity contribution in [2.24, 2.45) is 0 Å². The van der Waals surface area contributed by atoms with E-state index in [0.717, 1.165) is 0 Å². The molecule has 0 saturated carbocycles. The zero-order valence-corrected chi connectivity index (χ0v) is 10.2. The van der Waals surface area contributed by atoms with Crippen LogP contribution in [0.2, 0.25) is 0 Å². The molecule has 4 nitrogen and oxygen atoms in total. The third kappa shape index (κ3) is 5.30. The highest BCUT2D eigenvalue weighted by Gasteiger charge is 2.22. The third-order valence-electron chi connectivity index (χ3n) is 2.32. The summed E-state index contributed by atoms with van der Waals surface area (Å²) in [6, 6.07) is 0.0104. The first kappa shape index (κ1) is 13.2. The standard InChI is InChI=1S/C11H21FN2O2/c1-11(2,3)16-10(15)14-7-9-6-8(12)4-5-13-9/h8-9,13H,4-7H2,1-3H3,(H,14,15). The Bertz CT molecular complexity index is 241. The predicted octanol–water partition coefficient (Wildman–Crippen LogP) is 1.60. The van der Waals surface area contributed by atoms with Crippen molar-refractivity contribution in [1.82, 2.24) is 10.6 Å². The molecule has 0 radical (unpaired) electrons. The molecule has 0 aromatic heterocycles. The number of hydrogen-bond acceptors (Lipinski definition) is 3. The SMILES string of the molecule is CC(C)(C)OC(=O)NCC1CC(F)CCN1. The number of carbonyl (C=O) groups excluding carboxylic acids is 1. The highest BCUT2D eigenvalue weighted by molar-refractivity contribution is 5.67. The average Bonchev–Trinajstić information content (AvgIpc) is 2.12. The number of alkyl halides is 1. The second-order valence-corrected chi connectivity index (χ2v) is 5.16. The van der Waals surface area contributed by atoms with Gasteiger partial charge in [-0.1, -0.05) is 0 Å². The summed E-state index contributed by atoms with van der Waals surface area (Å²) in [7, 11) is 0. The number of piperidine rings is 1. The maximum absolute atomic E-state index is 13.0. The molecule has 1 amide bonds. The molecular weight excluding hydrogens is 211 g/mol. The Kier molecular flexibility index (Phi) is 4.53. The van der Waals surface area contributed by atoms with E-state index in [-0.39, 0.29) is 6.04 Å². The van der Waals surface area contributed by atoms with Crippen molar-refractivity contribution in [2.75, 3.05) is 13.1 Å². The van der Waals surface area contributed by atoms with Gasteiger partial charge in [0.2, 0.25) is 0 Å². The summed E-state index contributed by atoms with van der Waals surface area (Å²) in [6.45, 7) is 6.51. The van der Waals surface area contributed by atoms with Crippen LogP contribution in [0.1, 0.15) is 33.6 Å². The van der Waals surface area contributed by atoms with Gasteiger partial charge in [-0.15, -0.1) is 0 Å². The largest absolute Gasteiger partial charge is 0.444 e. The molecule has 0 aromatic carbocycles. The minimum Gasteiger partial charge on any atom is -0.444 e. The summed E-state index contributed by atoms with van der Waals surface area (Å²) in [5.74, 6) is 0. The van der Waals surface area contributed by atoms with Crippen molar-refractivity contribution in [3.63, 3.8) is 0 Å². The van der Waals surface area contributed by atoms with E-state index in [1.54, 1.807) is 0 Å². The summed E-state index contributed by atoms with van der Waals surface area (Å²) < 4.78 is 18.1. The van der Waals surface area contributed by atoms with Crippen LogP contribution in [0.5, 0.6) is 0 Å². The van der Waals surface area contributed by atoms with Crippen LogP contribution in [-0.2, 0) is 4.74 Å². The van der Waals surface area contributed by atoms with Crippen molar-refractivity contribution >= 4 is 6.09 Å². The van der Waals surface area contributed by atoms with Crippen LogP contribution in [0.15, 0.2) is 0 Å². The molecule has 16 heavy (non-hydrogen) atoms. The Balaban J connectivity index is 2.21. The van der Waals surface area contributed by atoms with Crippen LogP contribution in [0.4, 0.5) is 9.18 Å². The first-order chi connectivity index (χ1) is 7.37. The van der Waals surface area contributed by atoms with E-state index in [4.69, 9.17) is 4.74 Å². The van der Waals surface area contributed by atoms with Gasteiger partial charge in [0.15, 0.2) is 0 Å². The molecule has 0 spiro atoms. The first-order valence-electron chi connectivity index (χ1n) is 5.71. The summed E-state index contributed by atoms with van der Waals surface area (Å²) in [6.07, 6.45) is -0.194. The van der Waals surface area contributed by atoms with E-state index in [2.05, 4.69) is 10.6 Å². The average molecular weight is 232 g/mol. The lowest BCUT2D eigenvalue weighted by molar-refractivity contribution is 0.0516. The fourth-order valence-corrected chi connectivity index (χ4v) is 1.63. The zero-order valence-electron chi connectivity index (χ0n) is 10.2. The van der Waals surface area contributed by atoms with E-state index in [0.29, 0.717) is 25.9 Å². The van der Waals surface area contributed by atoms with Gasteiger partial charge in [0.1, 0.15) is 11.8 Å². The van der Waals surface area contributed by atoms with Crippen molar-refractivity contribution in [3.8, 4) is 0 Å². The minimum atomic E-state index is -0.758. The number of alkyl carbamates (subject to hydrolysis) is 1. The van der Waals surface area contributed by atoms with Crippen molar-refractivity contribution in [3.05, 3.63) is 0 Å². The summed E-state index contributed by atoms with van der Waals surface area (Å²) in [5, 5.41) is 5.80. The third-order valence-corrected chi connectivity index (χ3v) is 2.32. The Morgan fingerprint density at radius 3 is 2.81 bits per heavy atom. The molecule has 5 heteroatoms. The quantitative estimate of drug-likeness (QED) is 0.760. The molecule has 1 heterocycles. The Morgan fingerprint density at radius 2 is 2.25 bits per heavy atom. The van der Waals surface area contributed by atoms with Gasteiger partial charge in [0.25, 0.3) is 0 Å². The lowest BCUT2D eigenvalue weighted by Crippen LogP contribution is -2.47. The van der Waals surface area contributed by atoms with Crippen LogP contribution in [-0.4, -0.2) is 37.0 Å². The number of hydrogen-bond donors (Lipinski definition) is 2. The van der Waals surface area contributed by atoms with Gasteiger partial charge in [-0.2, -0.15) is 0 Å². The molecule has 0 aliphatic carbocycles. The van der Waals surface area contributed by atoms with Crippen LogP contribution >= 0.6 is 0 Å². The predicted molar refractivity (Wildman–Crippen MR) is 60.2 cm³/mol. The molecule has 1 aliphatic heterocycles. The van der Waals surface area contributed by atoms with Crippen LogP contribution in [0, 0.1) is 0 Å². The topological polar surface area (TPSA) is 50.4 Å². The molecule has 0 bridgehead atoms. The highest BCUT2D eigenvalue weighted by atomic mass is 19.1. The summed E-state index contributed by atoms with van der Waals surface area (Å²) >= 11 is 0. The number of amides is 1. The van der Waals surface area contributed by atoms with E-state index in [9.17, 15) is 9.18 Å². The molecule has 0 aromatic rings. The Hall–Kier alpha value is -0.840. The van der Waals surface area contributed by atoms with Crippen LogP contribution < -0.4 is 10.6 Å². The van der Waals surface area contributed by atoms with Crippen molar-refractivity contribution in [2.45, 2.75) is 51.4 Å². The van der Waals surface area contributed by atoms with E-state index in [1.807, 2.05) is 20.8 Å². The normalized spacial score (nSPS) is 26.2. The molecule has 1 saturated heterocycles. The van der Waals surface area contributed by atoms with Crippen LogP contribution in [0.3, 0.4) is 0 Å². The lowest BCUT2D eigenvalue weighted by atomic mass is 10.0. The number of ether oxygens (including phenoxy) is 1. The molecule has 1 aliphatic rings. The molecule has 2 N–H and O–H groups in total. The smallest absolute Gasteiger partial charge is 0.407 e. The second kappa shape index (κ2) is 5.48.